The van der Waals surface area contributed by atoms with E-state index < -0.39 is 5.54 Å². The van der Waals surface area contributed by atoms with Crippen LogP contribution in [0.1, 0.15) is 57.8 Å². The summed E-state index contributed by atoms with van der Waals surface area (Å²) in [4.78, 5) is 15.0. The molecule has 0 aromatic heterocycles. The van der Waals surface area contributed by atoms with Crippen molar-refractivity contribution in [3.05, 3.63) is 0 Å². The number of piperidine rings is 1. The third kappa shape index (κ3) is 4.25. The van der Waals surface area contributed by atoms with Crippen molar-refractivity contribution in [3.8, 4) is 0 Å². The number of nitrogens with one attached hydrogen (secondary N) is 1. The number of hydrogen-bond donors (Lipinski definition) is 2. The maximum atomic E-state index is 12.4. The van der Waals surface area contributed by atoms with Crippen molar-refractivity contribution < 1.29 is 4.79 Å². The van der Waals surface area contributed by atoms with Gasteiger partial charge in [0, 0.05) is 18.6 Å². The maximum Gasteiger partial charge on any atom is 0.240 e. The van der Waals surface area contributed by atoms with Crippen molar-refractivity contribution >= 4 is 30.7 Å². The first-order valence-corrected chi connectivity index (χ1v) is 8.01. The minimum atomic E-state index is -0.578. The van der Waals surface area contributed by atoms with E-state index in [1.54, 1.807) is 0 Å². The first kappa shape index (κ1) is 19.0. The number of carbonyl (C=O) groups excluding carboxylic acids is 1. The van der Waals surface area contributed by atoms with Gasteiger partial charge in [-0.1, -0.05) is 19.3 Å². The minimum Gasteiger partial charge on any atom is -0.352 e. The first-order chi connectivity index (χ1) is 9.17. The SMILES string of the molecule is Cl.Cl.NC1(C(=O)NC2CCN3CCCC3C2)CCCCC1. The zero-order valence-electron chi connectivity index (χ0n) is 12.7. The summed E-state index contributed by atoms with van der Waals surface area (Å²) in [5.74, 6) is 0.114. The largest absolute Gasteiger partial charge is 0.352 e. The van der Waals surface area contributed by atoms with Crippen molar-refractivity contribution in [2.75, 3.05) is 13.1 Å². The molecule has 21 heavy (non-hydrogen) atoms. The van der Waals surface area contributed by atoms with Crippen LogP contribution >= 0.6 is 24.8 Å². The molecule has 0 bridgehead atoms. The molecule has 1 aliphatic carbocycles. The Morgan fingerprint density at radius 1 is 1.05 bits per heavy atom. The summed E-state index contributed by atoms with van der Waals surface area (Å²) < 4.78 is 0. The van der Waals surface area contributed by atoms with Gasteiger partial charge in [0.15, 0.2) is 0 Å². The Morgan fingerprint density at radius 2 is 1.76 bits per heavy atom. The van der Waals surface area contributed by atoms with E-state index in [1.807, 2.05) is 0 Å². The van der Waals surface area contributed by atoms with Gasteiger partial charge < -0.3 is 16.0 Å². The third-order valence-electron chi connectivity index (χ3n) is 5.35. The number of halogens is 2. The third-order valence-corrected chi connectivity index (χ3v) is 5.35. The molecular formula is C15H29Cl2N3O. The van der Waals surface area contributed by atoms with Gasteiger partial charge >= 0.3 is 0 Å². The molecule has 1 saturated carbocycles. The number of carbonyl (C=O) groups is 1. The highest BCUT2D eigenvalue weighted by atomic mass is 35.5. The van der Waals surface area contributed by atoms with Crippen molar-refractivity contribution in [2.45, 2.75) is 75.4 Å². The van der Waals surface area contributed by atoms with E-state index in [0.29, 0.717) is 12.1 Å². The highest BCUT2D eigenvalue weighted by Crippen LogP contribution is 2.29. The van der Waals surface area contributed by atoms with Crippen molar-refractivity contribution in [3.63, 3.8) is 0 Å². The molecule has 0 spiro atoms. The molecule has 3 N–H and O–H groups in total. The molecule has 3 rings (SSSR count). The summed E-state index contributed by atoms with van der Waals surface area (Å²) in [6, 6.07) is 1.06. The fourth-order valence-electron chi connectivity index (χ4n) is 4.09. The van der Waals surface area contributed by atoms with Crippen molar-refractivity contribution in [2.24, 2.45) is 5.73 Å². The van der Waals surface area contributed by atoms with E-state index in [0.717, 1.165) is 45.1 Å². The number of amides is 1. The van der Waals surface area contributed by atoms with E-state index in [-0.39, 0.29) is 30.7 Å². The van der Waals surface area contributed by atoms with Crippen LogP contribution in [0.3, 0.4) is 0 Å². The summed E-state index contributed by atoms with van der Waals surface area (Å²) in [6.07, 6.45) is 10.0. The molecule has 0 aromatic carbocycles. The zero-order valence-corrected chi connectivity index (χ0v) is 14.3. The Kier molecular flexibility index (Phi) is 7.25. The fourth-order valence-corrected chi connectivity index (χ4v) is 4.09. The second-order valence-corrected chi connectivity index (χ2v) is 6.74. The molecule has 2 atom stereocenters. The smallest absolute Gasteiger partial charge is 0.240 e. The van der Waals surface area contributed by atoms with Gasteiger partial charge in [0.25, 0.3) is 0 Å². The average Bonchev–Trinajstić information content (AvgIpc) is 2.87. The first-order valence-electron chi connectivity index (χ1n) is 8.01. The van der Waals surface area contributed by atoms with Crippen LogP contribution < -0.4 is 11.1 Å². The molecule has 6 heteroatoms. The van der Waals surface area contributed by atoms with E-state index >= 15 is 0 Å². The van der Waals surface area contributed by atoms with E-state index in [9.17, 15) is 4.79 Å². The molecule has 2 saturated heterocycles. The molecule has 4 nitrogen and oxygen atoms in total. The van der Waals surface area contributed by atoms with Crippen LogP contribution in [0.25, 0.3) is 0 Å². The van der Waals surface area contributed by atoms with Gasteiger partial charge in [-0.15, -0.1) is 24.8 Å². The molecule has 0 radical (unpaired) electrons. The fraction of sp³-hybridized carbons (Fsp3) is 0.933. The average molecular weight is 338 g/mol. The van der Waals surface area contributed by atoms with Gasteiger partial charge in [-0.05, 0) is 45.1 Å². The number of nitrogens with zero attached hydrogens (tertiary/aromatic N) is 1. The lowest BCUT2D eigenvalue weighted by molar-refractivity contribution is -0.128. The van der Waals surface area contributed by atoms with Gasteiger partial charge in [0.05, 0.1) is 5.54 Å². The molecular weight excluding hydrogens is 309 g/mol. The topological polar surface area (TPSA) is 58.4 Å². The summed E-state index contributed by atoms with van der Waals surface area (Å²) >= 11 is 0. The quantitative estimate of drug-likeness (QED) is 0.812. The van der Waals surface area contributed by atoms with Crippen molar-refractivity contribution in [1.82, 2.24) is 10.2 Å². The van der Waals surface area contributed by atoms with Crippen LogP contribution in [0.5, 0.6) is 0 Å². The number of rotatable bonds is 2. The van der Waals surface area contributed by atoms with Crippen LogP contribution in [-0.4, -0.2) is 41.5 Å². The predicted molar refractivity (Wildman–Crippen MR) is 90.3 cm³/mol. The lowest BCUT2D eigenvalue weighted by Gasteiger charge is -2.38. The van der Waals surface area contributed by atoms with Crippen LogP contribution in [0.4, 0.5) is 0 Å². The highest BCUT2D eigenvalue weighted by Gasteiger charge is 2.38. The lowest BCUT2D eigenvalue weighted by Crippen LogP contribution is -2.58. The Morgan fingerprint density at radius 3 is 2.48 bits per heavy atom. The van der Waals surface area contributed by atoms with E-state index in [2.05, 4.69) is 10.2 Å². The Bertz CT molecular complexity index is 348. The zero-order chi connectivity index (χ0) is 13.3. The van der Waals surface area contributed by atoms with Gasteiger partial charge in [-0.2, -0.15) is 0 Å². The molecule has 3 aliphatic rings. The molecule has 2 aliphatic heterocycles. The van der Waals surface area contributed by atoms with Gasteiger partial charge in [-0.3, -0.25) is 4.79 Å². The molecule has 1 amide bonds. The predicted octanol–water partition coefficient (Wildman–Crippen LogP) is 2.23. The number of hydrogen-bond acceptors (Lipinski definition) is 3. The molecule has 2 heterocycles. The lowest BCUT2D eigenvalue weighted by atomic mass is 9.81. The normalized spacial score (nSPS) is 31.5. The monoisotopic (exact) mass is 337 g/mol. The standard InChI is InChI=1S/C15H27N3O.2ClH/c16-15(7-2-1-3-8-15)14(19)17-12-6-10-18-9-4-5-13(18)11-12;;/h12-13H,1-11,16H2,(H,17,19);2*1H. The number of fused-ring (bicyclic) bond motifs is 1. The van der Waals surface area contributed by atoms with Crippen LogP contribution in [0, 0.1) is 0 Å². The van der Waals surface area contributed by atoms with Crippen LogP contribution in [-0.2, 0) is 4.79 Å². The van der Waals surface area contributed by atoms with Crippen LogP contribution in [0.15, 0.2) is 0 Å². The molecule has 124 valence electrons. The Labute approximate surface area is 140 Å². The minimum absolute atomic E-state index is 0. The van der Waals surface area contributed by atoms with E-state index in [4.69, 9.17) is 5.73 Å². The van der Waals surface area contributed by atoms with Crippen LogP contribution in [0.2, 0.25) is 0 Å². The Balaban J connectivity index is 0.00000110. The second kappa shape index (κ2) is 8.00. The van der Waals surface area contributed by atoms with Crippen molar-refractivity contribution in [1.29, 1.82) is 0 Å². The van der Waals surface area contributed by atoms with Gasteiger partial charge in [0.1, 0.15) is 0 Å². The summed E-state index contributed by atoms with van der Waals surface area (Å²) in [7, 11) is 0. The van der Waals surface area contributed by atoms with E-state index in [1.165, 1.54) is 25.8 Å². The Hall–Kier alpha value is -0.0300. The van der Waals surface area contributed by atoms with Gasteiger partial charge in [0.2, 0.25) is 5.91 Å². The molecule has 3 fully saturated rings. The molecule has 2 unspecified atom stereocenters. The summed E-state index contributed by atoms with van der Waals surface area (Å²) in [5, 5.41) is 3.25. The maximum absolute atomic E-state index is 12.4. The summed E-state index contributed by atoms with van der Waals surface area (Å²) in [5.41, 5.74) is 5.73. The molecule has 0 aromatic rings. The number of nitrogens with two attached hydrogens (primary N) is 1. The second-order valence-electron chi connectivity index (χ2n) is 6.74. The highest BCUT2D eigenvalue weighted by molar-refractivity contribution is 5.86. The van der Waals surface area contributed by atoms with Gasteiger partial charge in [-0.25, -0.2) is 0 Å². The summed E-state index contributed by atoms with van der Waals surface area (Å²) in [6.45, 7) is 2.40.